The Hall–Kier alpha value is -2.17. The van der Waals surface area contributed by atoms with Crippen LogP contribution in [0, 0.1) is 0 Å². The molecule has 2 N–H and O–H groups in total. The molecular formula is C19H19ClN2O2. The molecule has 0 radical (unpaired) electrons. The number of hydrogen-bond acceptors (Lipinski definition) is 3. The second-order valence-electron chi connectivity index (χ2n) is 6.20. The van der Waals surface area contributed by atoms with Crippen molar-refractivity contribution in [1.29, 1.82) is 0 Å². The highest BCUT2D eigenvalue weighted by atomic mass is 35.5. The summed E-state index contributed by atoms with van der Waals surface area (Å²) in [6, 6.07) is 13.9. The third kappa shape index (κ3) is 3.35. The topological polar surface area (TPSA) is 58.2 Å². The SMILES string of the molecule is C[C@]1(C(=O)Nc2ccc(Cl)cc2C(=O)c2ccccc2)CCCN1. The number of hydrogen-bond donors (Lipinski definition) is 2. The van der Waals surface area contributed by atoms with Crippen LogP contribution in [0.3, 0.4) is 0 Å². The molecule has 0 aromatic heterocycles. The molecule has 1 fully saturated rings. The molecule has 24 heavy (non-hydrogen) atoms. The van der Waals surface area contributed by atoms with Crippen LogP contribution < -0.4 is 10.6 Å². The molecule has 1 saturated heterocycles. The van der Waals surface area contributed by atoms with Crippen molar-refractivity contribution in [1.82, 2.24) is 5.32 Å². The molecule has 0 spiro atoms. The summed E-state index contributed by atoms with van der Waals surface area (Å²) in [5.41, 5.74) is 0.824. The summed E-state index contributed by atoms with van der Waals surface area (Å²) >= 11 is 6.06. The van der Waals surface area contributed by atoms with Crippen LogP contribution in [0.2, 0.25) is 5.02 Å². The summed E-state index contributed by atoms with van der Waals surface area (Å²) in [6.07, 6.45) is 1.73. The van der Waals surface area contributed by atoms with E-state index in [1.807, 2.05) is 13.0 Å². The summed E-state index contributed by atoms with van der Waals surface area (Å²) in [5, 5.41) is 6.57. The molecule has 3 rings (SSSR count). The molecule has 1 amide bonds. The lowest BCUT2D eigenvalue weighted by atomic mass is 9.97. The number of rotatable bonds is 4. The summed E-state index contributed by atoms with van der Waals surface area (Å²) in [6.45, 7) is 2.70. The Balaban J connectivity index is 1.91. The van der Waals surface area contributed by atoms with Gasteiger partial charge in [0, 0.05) is 16.1 Å². The predicted molar refractivity (Wildman–Crippen MR) is 95.6 cm³/mol. The van der Waals surface area contributed by atoms with Gasteiger partial charge in [0.1, 0.15) is 0 Å². The number of amides is 1. The number of ketones is 1. The predicted octanol–water partition coefficient (Wildman–Crippen LogP) is 3.65. The van der Waals surface area contributed by atoms with Crippen LogP contribution in [0.25, 0.3) is 0 Å². The van der Waals surface area contributed by atoms with Crippen LogP contribution in [-0.2, 0) is 4.79 Å². The van der Waals surface area contributed by atoms with Crippen LogP contribution in [0.15, 0.2) is 48.5 Å². The van der Waals surface area contributed by atoms with E-state index in [2.05, 4.69) is 10.6 Å². The first-order chi connectivity index (χ1) is 11.5. The standard InChI is InChI=1S/C19H19ClN2O2/c1-19(10-5-11-21-19)18(24)22-16-9-8-14(20)12-15(16)17(23)13-6-3-2-4-7-13/h2-4,6-9,12,21H,5,10-11H2,1H3,(H,22,24)/t19-/m1/s1. The minimum Gasteiger partial charge on any atom is -0.324 e. The van der Waals surface area contributed by atoms with Gasteiger partial charge in [-0.15, -0.1) is 0 Å². The minimum atomic E-state index is -0.604. The van der Waals surface area contributed by atoms with E-state index in [0.29, 0.717) is 21.8 Å². The molecule has 0 unspecified atom stereocenters. The van der Waals surface area contributed by atoms with Gasteiger partial charge in [-0.3, -0.25) is 9.59 Å². The maximum atomic E-state index is 12.8. The van der Waals surface area contributed by atoms with E-state index in [-0.39, 0.29) is 11.7 Å². The molecule has 1 aliphatic rings. The van der Waals surface area contributed by atoms with Gasteiger partial charge in [-0.25, -0.2) is 0 Å². The lowest BCUT2D eigenvalue weighted by Crippen LogP contribution is -2.48. The van der Waals surface area contributed by atoms with Gasteiger partial charge < -0.3 is 10.6 Å². The highest BCUT2D eigenvalue weighted by Crippen LogP contribution is 2.26. The Morgan fingerprint density at radius 1 is 1.17 bits per heavy atom. The smallest absolute Gasteiger partial charge is 0.244 e. The first-order valence-electron chi connectivity index (χ1n) is 7.95. The van der Waals surface area contributed by atoms with E-state index >= 15 is 0 Å². The van der Waals surface area contributed by atoms with E-state index < -0.39 is 5.54 Å². The zero-order valence-corrected chi connectivity index (χ0v) is 14.2. The Morgan fingerprint density at radius 2 is 1.92 bits per heavy atom. The van der Waals surface area contributed by atoms with Gasteiger partial charge in [-0.2, -0.15) is 0 Å². The molecule has 2 aromatic carbocycles. The number of nitrogens with one attached hydrogen (secondary N) is 2. The van der Waals surface area contributed by atoms with Crippen molar-refractivity contribution < 1.29 is 9.59 Å². The average molecular weight is 343 g/mol. The molecule has 0 saturated carbocycles. The van der Waals surface area contributed by atoms with Crippen molar-refractivity contribution in [2.75, 3.05) is 11.9 Å². The Labute approximate surface area is 146 Å². The number of carbonyl (C=O) groups is 2. The fourth-order valence-corrected chi connectivity index (χ4v) is 3.08. The van der Waals surface area contributed by atoms with Crippen molar-refractivity contribution >= 4 is 29.0 Å². The van der Waals surface area contributed by atoms with Gasteiger partial charge in [-0.1, -0.05) is 41.9 Å². The van der Waals surface area contributed by atoms with E-state index in [0.717, 1.165) is 19.4 Å². The largest absolute Gasteiger partial charge is 0.324 e. The van der Waals surface area contributed by atoms with Crippen molar-refractivity contribution in [3.63, 3.8) is 0 Å². The van der Waals surface area contributed by atoms with Gasteiger partial charge in [0.2, 0.25) is 5.91 Å². The third-order valence-corrected chi connectivity index (χ3v) is 4.62. The molecule has 1 aliphatic heterocycles. The van der Waals surface area contributed by atoms with Crippen molar-refractivity contribution in [3.05, 3.63) is 64.7 Å². The second-order valence-corrected chi connectivity index (χ2v) is 6.64. The molecule has 4 nitrogen and oxygen atoms in total. The molecule has 0 aliphatic carbocycles. The van der Waals surface area contributed by atoms with E-state index in [1.54, 1.807) is 42.5 Å². The van der Waals surface area contributed by atoms with E-state index in [9.17, 15) is 9.59 Å². The van der Waals surface area contributed by atoms with Gasteiger partial charge in [0.05, 0.1) is 11.2 Å². The Morgan fingerprint density at radius 3 is 2.58 bits per heavy atom. The van der Waals surface area contributed by atoms with Gasteiger partial charge in [0.15, 0.2) is 5.78 Å². The lowest BCUT2D eigenvalue weighted by molar-refractivity contribution is -0.121. The van der Waals surface area contributed by atoms with Crippen molar-refractivity contribution in [3.8, 4) is 0 Å². The maximum absolute atomic E-state index is 12.8. The number of halogens is 1. The zero-order valence-electron chi connectivity index (χ0n) is 13.4. The molecule has 1 atom stereocenters. The summed E-state index contributed by atoms with van der Waals surface area (Å²) in [5.74, 6) is -0.303. The number of carbonyl (C=O) groups excluding carboxylic acids is 2. The highest BCUT2D eigenvalue weighted by Gasteiger charge is 2.36. The molecule has 124 valence electrons. The average Bonchev–Trinajstić information content (AvgIpc) is 3.04. The Kier molecular flexibility index (Phi) is 4.69. The first-order valence-corrected chi connectivity index (χ1v) is 8.33. The van der Waals surface area contributed by atoms with E-state index in [1.165, 1.54) is 0 Å². The molecule has 1 heterocycles. The third-order valence-electron chi connectivity index (χ3n) is 4.38. The van der Waals surface area contributed by atoms with Crippen LogP contribution in [0.4, 0.5) is 5.69 Å². The number of anilines is 1. The monoisotopic (exact) mass is 342 g/mol. The van der Waals surface area contributed by atoms with Gasteiger partial charge in [0.25, 0.3) is 0 Å². The molecule has 2 aromatic rings. The maximum Gasteiger partial charge on any atom is 0.244 e. The quantitative estimate of drug-likeness (QED) is 0.834. The van der Waals surface area contributed by atoms with Gasteiger partial charge >= 0.3 is 0 Å². The molecule has 0 bridgehead atoms. The Bertz CT molecular complexity index is 768. The van der Waals surface area contributed by atoms with Crippen LogP contribution in [0.1, 0.15) is 35.7 Å². The highest BCUT2D eigenvalue weighted by molar-refractivity contribution is 6.31. The van der Waals surface area contributed by atoms with E-state index in [4.69, 9.17) is 11.6 Å². The normalized spacial score (nSPS) is 19.9. The molecule has 5 heteroatoms. The van der Waals surface area contributed by atoms with Crippen LogP contribution in [-0.4, -0.2) is 23.8 Å². The van der Waals surface area contributed by atoms with Crippen LogP contribution >= 0.6 is 11.6 Å². The summed E-state index contributed by atoms with van der Waals surface area (Å²) in [7, 11) is 0. The molecular weight excluding hydrogens is 324 g/mol. The first kappa shape index (κ1) is 16.7. The van der Waals surface area contributed by atoms with Gasteiger partial charge in [-0.05, 0) is 44.5 Å². The van der Waals surface area contributed by atoms with Crippen molar-refractivity contribution in [2.45, 2.75) is 25.3 Å². The second kappa shape index (κ2) is 6.75. The van der Waals surface area contributed by atoms with Crippen molar-refractivity contribution in [2.24, 2.45) is 0 Å². The zero-order chi connectivity index (χ0) is 17.2. The summed E-state index contributed by atoms with van der Waals surface area (Å²) < 4.78 is 0. The fourth-order valence-electron chi connectivity index (χ4n) is 2.91. The number of benzene rings is 2. The summed E-state index contributed by atoms with van der Waals surface area (Å²) in [4.78, 5) is 25.4. The van der Waals surface area contributed by atoms with Crippen LogP contribution in [0.5, 0.6) is 0 Å². The lowest BCUT2D eigenvalue weighted by Gasteiger charge is -2.23. The fraction of sp³-hybridized carbons (Fsp3) is 0.263. The minimum absolute atomic E-state index is 0.135.